The Morgan fingerprint density at radius 1 is 0.340 bits per heavy atom. The molecule has 0 bridgehead atoms. The van der Waals surface area contributed by atoms with E-state index in [1.54, 1.807) is 0 Å². The molecule has 2 rings (SSSR count). The van der Waals surface area contributed by atoms with Gasteiger partial charge in [-0.25, -0.2) is 9.13 Å². The summed E-state index contributed by atoms with van der Waals surface area (Å²) >= 11 is 0. The maximum atomic E-state index is 2.38. The molecule has 0 radical (unpaired) electrons. The minimum Gasteiger partial charge on any atom is -0.205 e. The summed E-state index contributed by atoms with van der Waals surface area (Å²) in [7, 11) is 4.08. The van der Waals surface area contributed by atoms with Crippen molar-refractivity contribution in [1.82, 2.24) is 0 Å². The van der Waals surface area contributed by atoms with Crippen LogP contribution in [0, 0.1) is 0 Å². The van der Waals surface area contributed by atoms with Crippen molar-refractivity contribution in [2.45, 2.75) is 220 Å². The second kappa shape index (κ2) is 35.1. The van der Waals surface area contributed by atoms with Crippen molar-refractivity contribution >= 4 is 21.6 Å². The summed E-state index contributed by atoms with van der Waals surface area (Å²) in [6.45, 7) is 6.94. The van der Waals surface area contributed by atoms with Gasteiger partial charge in [-0.1, -0.05) is 190 Å². The molecule has 0 fully saturated rings. The summed E-state index contributed by atoms with van der Waals surface area (Å²) in [5.41, 5.74) is 2.95. The van der Waals surface area contributed by atoms with E-state index in [1.165, 1.54) is 228 Å². The number of aromatic nitrogens is 2. The van der Waals surface area contributed by atoms with Crippen LogP contribution in [0.15, 0.2) is 49.1 Å². The molecule has 0 N–H and O–H groups in total. The fourth-order valence-corrected chi connectivity index (χ4v) is 9.10. The lowest BCUT2D eigenvalue weighted by molar-refractivity contribution is -0.697. The molecule has 4 heteroatoms. The van der Waals surface area contributed by atoms with Crippen LogP contribution >= 0.6 is 21.6 Å². The third kappa shape index (κ3) is 27.6. The first-order chi connectivity index (χ1) is 24.8. The minimum atomic E-state index is 1.17. The molecule has 0 aliphatic carbocycles. The van der Waals surface area contributed by atoms with E-state index < -0.39 is 0 Å². The zero-order chi connectivity index (χ0) is 35.4. The smallest absolute Gasteiger partial charge is 0.169 e. The first-order valence-electron chi connectivity index (χ1n) is 22.0. The van der Waals surface area contributed by atoms with Gasteiger partial charge >= 0.3 is 0 Å². The van der Waals surface area contributed by atoms with Crippen LogP contribution in [0.1, 0.15) is 205 Å². The van der Waals surface area contributed by atoms with Gasteiger partial charge in [0.2, 0.25) is 0 Å². The van der Waals surface area contributed by atoms with Crippen LogP contribution in [0.25, 0.3) is 0 Å². The lowest BCUT2D eigenvalue weighted by Crippen LogP contribution is -2.32. The third-order valence-corrected chi connectivity index (χ3v) is 12.9. The van der Waals surface area contributed by atoms with Crippen LogP contribution in [-0.4, -0.2) is 11.5 Å². The van der Waals surface area contributed by atoms with Crippen molar-refractivity contribution in [3.8, 4) is 0 Å². The Balaban J connectivity index is 1.35. The summed E-state index contributed by atoms with van der Waals surface area (Å²) in [5, 5.41) is 0. The van der Waals surface area contributed by atoms with Gasteiger partial charge in [-0.2, -0.15) is 0 Å². The second-order valence-electron chi connectivity index (χ2n) is 15.2. The molecule has 0 saturated heterocycles. The first-order valence-corrected chi connectivity index (χ1v) is 24.5. The molecule has 2 heterocycles. The highest BCUT2D eigenvalue weighted by molar-refractivity contribution is 8.76. The molecule has 0 aliphatic heterocycles. The van der Waals surface area contributed by atoms with Gasteiger partial charge < -0.3 is 0 Å². The normalized spacial score (nSPS) is 11.5. The van der Waals surface area contributed by atoms with Gasteiger partial charge in [-0.05, 0) is 36.8 Å². The number of pyridine rings is 2. The Morgan fingerprint density at radius 2 is 0.580 bits per heavy atom. The molecule has 2 nitrogen and oxygen atoms in total. The Hall–Kier alpha value is -1.00. The van der Waals surface area contributed by atoms with Gasteiger partial charge in [-0.15, -0.1) is 0 Å². The monoisotopic (exact) mass is 727 g/mol. The van der Waals surface area contributed by atoms with E-state index in [9.17, 15) is 0 Å². The van der Waals surface area contributed by atoms with Crippen LogP contribution in [0.5, 0.6) is 0 Å². The molecule has 0 aromatic carbocycles. The van der Waals surface area contributed by atoms with Gasteiger partial charge in [0.05, 0.1) is 0 Å². The van der Waals surface area contributed by atoms with Crippen molar-refractivity contribution in [1.29, 1.82) is 0 Å². The van der Waals surface area contributed by atoms with E-state index in [4.69, 9.17) is 0 Å². The average molecular weight is 727 g/mol. The van der Waals surface area contributed by atoms with Crippen LogP contribution < -0.4 is 9.13 Å². The molecular weight excluding hydrogens is 645 g/mol. The van der Waals surface area contributed by atoms with Crippen LogP contribution in [0.4, 0.5) is 0 Å². The Morgan fingerprint density at radius 3 is 0.840 bits per heavy atom. The predicted octanol–water partition coefficient (Wildman–Crippen LogP) is 14.4. The fraction of sp³-hybridized carbons (Fsp3) is 0.783. The number of hydrogen-bond acceptors (Lipinski definition) is 2. The van der Waals surface area contributed by atoms with E-state index in [2.05, 4.69) is 72.0 Å². The minimum absolute atomic E-state index is 1.17. The molecule has 286 valence electrons. The van der Waals surface area contributed by atoms with Crippen LogP contribution in [0.3, 0.4) is 0 Å². The van der Waals surface area contributed by atoms with Crippen LogP contribution in [0.2, 0.25) is 0 Å². The molecule has 0 aliphatic rings. The van der Waals surface area contributed by atoms with Crippen molar-refractivity contribution in [2.75, 3.05) is 11.5 Å². The molecular formula is C46H82N2S2+2. The predicted molar refractivity (Wildman–Crippen MR) is 226 cm³/mol. The van der Waals surface area contributed by atoms with E-state index in [0.717, 1.165) is 0 Å². The highest BCUT2D eigenvalue weighted by atomic mass is 33.1. The van der Waals surface area contributed by atoms with E-state index in [0.29, 0.717) is 0 Å². The number of nitrogens with zero attached hydrogens (tertiary/aromatic N) is 2. The maximum Gasteiger partial charge on any atom is 0.169 e. The lowest BCUT2D eigenvalue weighted by Gasteiger charge is -2.04. The highest BCUT2D eigenvalue weighted by Crippen LogP contribution is 2.23. The first kappa shape index (κ1) is 45.2. The van der Waals surface area contributed by atoms with E-state index in [-0.39, 0.29) is 0 Å². The SMILES string of the molecule is CCCCCCCCCCCCCCCC[n+]1ccc(CCSSCCc2cc[n+](CCCCCCCCCCCCCCCC)cc2)cc1. The van der Waals surface area contributed by atoms with Gasteiger partial charge in [0.1, 0.15) is 13.1 Å². The van der Waals surface area contributed by atoms with Crippen molar-refractivity contribution in [2.24, 2.45) is 0 Å². The topological polar surface area (TPSA) is 7.76 Å². The number of hydrogen-bond donors (Lipinski definition) is 0. The zero-order valence-corrected chi connectivity index (χ0v) is 35.0. The molecule has 2 aromatic heterocycles. The molecule has 0 saturated carbocycles. The summed E-state index contributed by atoms with van der Waals surface area (Å²) in [6, 6.07) is 9.36. The zero-order valence-electron chi connectivity index (χ0n) is 33.4. The number of rotatable bonds is 37. The van der Waals surface area contributed by atoms with Crippen LogP contribution in [-0.2, 0) is 25.9 Å². The van der Waals surface area contributed by atoms with Crippen molar-refractivity contribution < 1.29 is 9.13 Å². The standard InChI is InChI=1S/C46H82N2S2/c1-3-5-7-9-11-13-15-17-19-21-23-25-27-29-37-47-39-31-45(32-40-47)35-43-49-50-44-36-46-33-41-48(42-34-46)38-30-28-26-24-22-20-18-16-14-12-10-8-6-4-2/h31-34,39-42H,3-30,35-38,43-44H2,1-2H3/q+2. The van der Waals surface area contributed by atoms with Crippen molar-refractivity contribution in [3.05, 3.63) is 60.2 Å². The Kier molecular flexibility index (Phi) is 31.7. The molecule has 0 spiro atoms. The average Bonchev–Trinajstić information content (AvgIpc) is 3.14. The second-order valence-corrected chi connectivity index (χ2v) is 17.9. The summed E-state index contributed by atoms with van der Waals surface area (Å²) < 4.78 is 4.77. The Labute approximate surface area is 320 Å². The summed E-state index contributed by atoms with van der Waals surface area (Å²) in [6.07, 6.45) is 51.5. The molecule has 0 amide bonds. The van der Waals surface area contributed by atoms with Gasteiger partial charge in [-0.3, -0.25) is 0 Å². The largest absolute Gasteiger partial charge is 0.205 e. The highest BCUT2D eigenvalue weighted by Gasteiger charge is 2.04. The Bertz CT molecular complexity index is 882. The van der Waals surface area contributed by atoms with E-state index >= 15 is 0 Å². The maximum absolute atomic E-state index is 2.38. The quantitative estimate of drug-likeness (QED) is 0.0389. The lowest BCUT2D eigenvalue weighted by atomic mass is 10.0. The fourth-order valence-electron chi connectivity index (χ4n) is 7.02. The number of unbranched alkanes of at least 4 members (excludes halogenated alkanes) is 26. The number of aryl methyl sites for hydroxylation is 4. The summed E-state index contributed by atoms with van der Waals surface area (Å²) in [5.74, 6) is 2.39. The van der Waals surface area contributed by atoms with Crippen molar-refractivity contribution in [3.63, 3.8) is 0 Å². The van der Waals surface area contributed by atoms with Gasteiger partial charge in [0.15, 0.2) is 24.8 Å². The van der Waals surface area contributed by atoms with E-state index in [1.807, 2.05) is 21.6 Å². The summed E-state index contributed by atoms with van der Waals surface area (Å²) in [4.78, 5) is 0. The molecule has 0 unspecified atom stereocenters. The molecule has 50 heavy (non-hydrogen) atoms. The molecule has 2 aromatic rings. The third-order valence-electron chi connectivity index (χ3n) is 10.5. The van der Waals surface area contributed by atoms with Gasteiger partial charge in [0.25, 0.3) is 0 Å². The molecule has 0 atom stereocenters. The van der Waals surface area contributed by atoms with Gasteiger partial charge in [0, 0.05) is 48.6 Å².